The predicted molar refractivity (Wildman–Crippen MR) is 76.5 cm³/mol. The molecule has 1 N–H and O–H groups in total. The maximum Gasteiger partial charge on any atom is 0.142 e. The van der Waals surface area contributed by atoms with Crippen molar-refractivity contribution >= 4 is 11.6 Å². The first kappa shape index (κ1) is 15.5. The maximum absolute atomic E-state index is 13.4. The smallest absolute Gasteiger partial charge is 0.142 e. The topological polar surface area (TPSA) is 12.0 Å². The van der Waals surface area contributed by atoms with E-state index in [0.717, 1.165) is 18.4 Å². The van der Waals surface area contributed by atoms with Gasteiger partial charge in [-0.2, -0.15) is 0 Å². The van der Waals surface area contributed by atoms with Crippen molar-refractivity contribution in [2.45, 2.75) is 52.6 Å². The van der Waals surface area contributed by atoms with Gasteiger partial charge in [0, 0.05) is 12.1 Å². The zero-order valence-electron chi connectivity index (χ0n) is 11.6. The molecule has 3 heteroatoms. The van der Waals surface area contributed by atoms with Gasteiger partial charge in [-0.25, -0.2) is 4.39 Å². The van der Waals surface area contributed by atoms with Crippen LogP contribution < -0.4 is 5.32 Å². The van der Waals surface area contributed by atoms with Crippen molar-refractivity contribution in [2.24, 2.45) is 5.92 Å². The van der Waals surface area contributed by atoms with Gasteiger partial charge in [0.1, 0.15) is 5.82 Å². The molecule has 0 radical (unpaired) electrons. The molecule has 0 saturated carbocycles. The molecule has 1 aromatic rings. The first-order chi connectivity index (χ1) is 8.49. The first-order valence-electron chi connectivity index (χ1n) is 6.70. The van der Waals surface area contributed by atoms with Gasteiger partial charge in [-0.1, -0.05) is 44.4 Å². The Hall–Kier alpha value is -0.600. The number of nitrogens with one attached hydrogen (secondary N) is 1. The summed E-state index contributed by atoms with van der Waals surface area (Å²) in [6.07, 6.45) is 2.32. The molecule has 0 amide bonds. The summed E-state index contributed by atoms with van der Waals surface area (Å²) in [5.74, 6) is 0.308. The number of rotatable bonds is 6. The van der Waals surface area contributed by atoms with E-state index in [1.165, 1.54) is 6.07 Å². The minimum atomic E-state index is -0.349. The van der Waals surface area contributed by atoms with Gasteiger partial charge in [0.2, 0.25) is 0 Å². The minimum absolute atomic E-state index is 0.132. The molecule has 0 fully saturated rings. The van der Waals surface area contributed by atoms with Crippen LogP contribution in [0.3, 0.4) is 0 Å². The monoisotopic (exact) mass is 271 g/mol. The average molecular weight is 272 g/mol. The summed E-state index contributed by atoms with van der Waals surface area (Å²) in [4.78, 5) is 0. The van der Waals surface area contributed by atoms with Gasteiger partial charge in [0.25, 0.3) is 0 Å². The van der Waals surface area contributed by atoms with E-state index in [-0.39, 0.29) is 16.9 Å². The van der Waals surface area contributed by atoms with Crippen molar-refractivity contribution in [3.63, 3.8) is 0 Å². The molecule has 0 bridgehead atoms. The number of hydrogen-bond donors (Lipinski definition) is 1. The summed E-state index contributed by atoms with van der Waals surface area (Å²) in [5, 5.41) is 3.71. The molecular formula is C15H23ClFN. The molecule has 1 rings (SSSR count). The van der Waals surface area contributed by atoms with Crippen LogP contribution in [-0.4, -0.2) is 6.04 Å². The molecule has 0 heterocycles. The van der Waals surface area contributed by atoms with Gasteiger partial charge in [-0.3, -0.25) is 0 Å². The predicted octanol–water partition coefficient (Wildman–Crippen LogP) is 4.95. The molecule has 0 spiro atoms. The molecule has 1 aromatic carbocycles. The Morgan fingerprint density at radius 3 is 2.33 bits per heavy atom. The van der Waals surface area contributed by atoms with Crippen LogP contribution in [0.1, 0.15) is 52.1 Å². The minimum Gasteiger partial charge on any atom is -0.307 e. The largest absolute Gasteiger partial charge is 0.307 e. The van der Waals surface area contributed by atoms with E-state index in [1.807, 2.05) is 6.07 Å². The molecule has 0 aliphatic heterocycles. The Kier molecular flexibility index (Phi) is 6.10. The third kappa shape index (κ3) is 3.96. The molecule has 0 aliphatic carbocycles. The normalized spacial score (nSPS) is 14.8. The molecular weight excluding hydrogens is 249 g/mol. The highest BCUT2D eigenvalue weighted by atomic mass is 35.5. The zero-order chi connectivity index (χ0) is 13.7. The maximum atomic E-state index is 13.4. The Bertz CT molecular complexity index is 377. The van der Waals surface area contributed by atoms with Crippen LogP contribution in [0.5, 0.6) is 0 Å². The lowest BCUT2D eigenvalue weighted by atomic mass is 9.94. The standard InChI is InChI=1S/C15H23ClFN/c1-5-12(6-2)10(3)18-11(4)13-7-8-14(16)15(17)9-13/h7-12,18H,5-6H2,1-4H3. The highest BCUT2D eigenvalue weighted by Gasteiger charge is 2.16. The third-order valence-electron chi connectivity index (χ3n) is 3.71. The van der Waals surface area contributed by atoms with Crippen LogP contribution in [0.2, 0.25) is 5.02 Å². The average Bonchev–Trinajstić information content (AvgIpc) is 2.34. The van der Waals surface area contributed by atoms with Gasteiger partial charge in [-0.05, 0) is 37.5 Å². The second kappa shape index (κ2) is 7.10. The van der Waals surface area contributed by atoms with Crippen LogP contribution in [0, 0.1) is 11.7 Å². The van der Waals surface area contributed by atoms with Crippen LogP contribution in [-0.2, 0) is 0 Å². The Balaban J connectivity index is 2.69. The van der Waals surface area contributed by atoms with E-state index in [2.05, 4.69) is 33.0 Å². The highest BCUT2D eigenvalue weighted by Crippen LogP contribution is 2.22. The SMILES string of the molecule is CCC(CC)C(C)NC(C)c1ccc(Cl)c(F)c1. The quantitative estimate of drug-likeness (QED) is 0.772. The molecule has 2 atom stereocenters. The van der Waals surface area contributed by atoms with Crippen LogP contribution in [0.4, 0.5) is 4.39 Å². The first-order valence-corrected chi connectivity index (χ1v) is 7.08. The van der Waals surface area contributed by atoms with E-state index in [1.54, 1.807) is 6.07 Å². The van der Waals surface area contributed by atoms with E-state index in [4.69, 9.17) is 11.6 Å². The summed E-state index contributed by atoms with van der Waals surface area (Å²) in [6.45, 7) is 8.67. The van der Waals surface area contributed by atoms with Gasteiger partial charge in [0.15, 0.2) is 0 Å². The van der Waals surface area contributed by atoms with Gasteiger partial charge in [-0.15, -0.1) is 0 Å². The van der Waals surface area contributed by atoms with Gasteiger partial charge >= 0.3 is 0 Å². The van der Waals surface area contributed by atoms with E-state index in [9.17, 15) is 4.39 Å². The van der Waals surface area contributed by atoms with Crippen LogP contribution in [0.15, 0.2) is 18.2 Å². The molecule has 2 unspecified atom stereocenters. The lowest BCUT2D eigenvalue weighted by Crippen LogP contribution is -2.35. The molecule has 102 valence electrons. The summed E-state index contributed by atoms with van der Waals surface area (Å²) >= 11 is 5.69. The Labute approximate surface area is 115 Å². The fraction of sp³-hybridized carbons (Fsp3) is 0.600. The highest BCUT2D eigenvalue weighted by molar-refractivity contribution is 6.30. The second-order valence-corrected chi connectivity index (χ2v) is 5.33. The molecule has 0 aliphatic rings. The summed E-state index contributed by atoms with van der Waals surface area (Å²) < 4.78 is 13.4. The van der Waals surface area contributed by atoms with Crippen molar-refractivity contribution in [1.82, 2.24) is 5.32 Å². The lowest BCUT2D eigenvalue weighted by Gasteiger charge is -2.26. The molecule has 18 heavy (non-hydrogen) atoms. The molecule has 0 aromatic heterocycles. The number of halogens is 2. The molecule has 0 saturated heterocycles. The van der Waals surface area contributed by atoms with E-state index >= 15 is 0 Å². The van der Waals surface area contributed by atoms with Crippen molar-refractivity contribution in [3.8, 4) is 0 Å². The summed E-state index contributed by atoms with van der Waals surface area (Å²) in [7, 11) is 0. The fourth-order valence-corrected chi connectivity index (χ4v) is 2.52. The third-order valence-corrected chi connectivity index (χ3v) is 4.02. The second-order valence-electron chi connectivity index (χ2n) is 4.93. The van der Waals surface area contributed by atoms with Crippen molar-refractivity contribution < 1.29 is 4.39 Å². The van der Waals surface area contributed by atoms with Crippen molar-refractivity contribution in [3.05, 3.63) is 34.6 Å². The van der Waals surface area contributed by atoms with Gasteiger partial charge in [0.05, 0.1) is 5.02 Å². The number of benzene rings is 1. The number of hydrogen-bond acceptors (Lipinski definition) is 1. The molecule has 1 nitrogen and oxygen atoms in total. The lowest BCUT2D eigenvalue weighted by molar-refractivity contribution is 0.330. The van der Waals surface area contributed by atoms with Crippen LogP contribution >= 0.6 is 11.6 Å². The summed E-state index contributed by atoms with van der Waals surface area (Å²) in [5.41, 5.74) is 0.940. The zero-order valence-corrected chi connectivity index (χ0v) is 12.4. The summed E-state index contributed by atoms with van der Waals surface area (Å²) in [6, 6.07) is 5.57. The fourth-order valence-electron chi connectivity index (χ4n) is 2.40. The van der Waals surface area contributed by atoms with E-state index in [0.29, 0.717) is 12.0 Å². The Morgan fingerprint density at radius 1 is 1.22 bits per heavy atom. The van der Waals surface area contributed by atoms with Crippen molar-refractivity contribution in [2.75, 3.05) is 0 Å². The Morgan fingerprint density at radius 2 is 1.83 bits per heavy atom. The van der Waals surface area contributed by atoms with Crippen LogP contribution in [0.25, 0.3) is 0 Å². The van der Waals surface area contributed by atoms with E-state index < -0.39 is 0 Å². The van der Waals surface area contributed by atoms with Gasteiger partial charge < -0.3 is 5.32 Å². The van der Waals surface area contributed by atoms with Crippen molar-refractivity contribution in [1.29, 1.82) is 0 Å².